The Kier molecular flexibility index (Phi) is 38.6. The molecule has 1 fully saturated rings. The Labute approximate surface area is 577 Å². The molecule has 1 saturated carbocycles. The first-order valence-corrected chi connectivity index (χ1v) is 44.1. The summed E-state index contributed by atoms with van der Waals surface area (Å²) in [5, 5.41) is 14.0. The van der Waals surface area contributed by atoms with Gasteiger partial charge in [-0.25, -0.2) is 0 Å². The van der Waals surface area contributed by atoms with E-state index in [-0.39, 0.29) is 10.8 Å². The lowest BCUT2D eigenvalue weighted by molar-refractivity contribution is -0.135. The fourth-order valence-corrected chi connectivity index (χ4v) is 22.6. The molecule has 7 rings (SSSR count). The van der Waals surface area contributed by atoms with Crippen molar-refractivity contribution in [2.24, 2.45) is 16.7 Å². The highest BCUT2D eigenvalue weighted by Crippen LogP contribution is 2.69. The van der Waals surface area contributed by atoms with Crippen LogP contribution in [-0.2, 0) is 4.79 Å². The highest BCUT2D eigenvalue weighted by atomic mass is 32.2. The van der Waals surface area contributed by atoms with Crippen LogP contribution >= 0.6 is 45.8 Å². The van der Waals surface area contributed by atoms with Crippen molar-refractivity contribution < 1.29 is 9.90 Å². The maximum atomic E-state index is 12.8. The third kappa shape index (κ3) is 24.4. The minimum atomic E-state index is -0.683. The quantitative estimate of drug-likeness (QED) is 0.0572. The number of carboxylic acid groups (broad SMARTS) is 1. The molecule has 1 N–H and O–H groups in total. The number of hydrogen-bond acceptors (Lipinski definition) is 5. The van der Waals surface area contributed by atoms with Crippen LogP contribution < -0.4 is 18.8 Å². The summed E-state index contributed by atoms with van der Waals surface area (Å²) in [6.45, 7) is 9.32. The zero-order chi connectivity index (χ0) is 63.9. The number of thiophene rings is 3. The average Bonchev–Trinajstić information content (AvgIpc) is 1.52. The fraction of sp³-hybridized carbons (Fsp3) is 0.800. The van der Waals surface area contributed by atoms with Gasteiger partial charge in [-0.3, -0.25) is 4.79 Å². The number of fused-ring (bicyclic) bond motifs is 8. The van der Waals surface area contributed by atoms with Gasteiger partial charge in [-0.15, -0.1) is 45.8 Å². The zero-order valence-electron chi connectivity index (χ0n) is 60.0. The number of unbranched alkanes of at least 4 members (excludes halogenated alkanes) is 52. The zero-order valence-corrected chi connectivity index (χ0v) is 63.2. The van der Waals surface area contributed by atoms with E-state index in [2.05, 4.69) is 68.7 Å². The lowest BCUT2D eigenvalue weighted by Crippen LogP contribution is -2.47. The Morgan fingerprint density at radius 2 is 0.758 bits per heavy atom. The van der Waals surface area contributed by atoms with Crippen LogP contribution in [0.4, 0.5) is 0 Å². The van der Waals surface area contributed by atoms with E-state index < -0.39 is 11.2 Å². The van der Waals surface area contributed by atoms with E-state index in [1.54, 1.807) is 41.9 Å². The Morgan fingerprint density at radius 1 is 0.418 bits per heavy atom. The molecule has 3 aromatic heterocycles. The van der Waals surface area contributed by atoms with Gasteiger partial charge in [0.2, 0.25) is 0 Å². The molecule has 0 radical (unpaired) electrons. The third-order valence-electron chi connectivity index (χ3n) is 22.7. The van der Waals surface area contributed by atoms with Crippen LogP contribution in [-0.4, -0.2) is 16.3 Å². The van der Waals surface area contributed by atoms with Crippen molar-refractivity contribution in [3.8, 4) is 0 Å². The molecule has 1 aliphatic heterocycles. The van der Waals surface area contributed by atoms with Gasteiger partial charge in [-0.1, -0.05) is 393 Å². The van der Waals surface area contributed by atoms with E-state index in [0.717, 1.165) is 0 Å². The van der Waals surface area contributed by atoms with E-state index in [9.17, 15) is 9.90 Å². The van der Waals surface area contributed by atoms with Gasteiger partial charge in [0.15, 0.2) is 0 Å². The van der Waals surface area contributed by atoms with Crippen molar-refractivity contribution in [2.45, 2.75) is 423 Å². The van der Waals surface area contributed by atoms with Crippen LogP contribution in [0.3, 0.4) is 0 Å². The molecule has 0 aromatic carbocycles. The molecule has 91 heavy (non-hydrogen) atoms. The third-order valence-corrected chi connectivity index (χ3v) is 27.6. The van der Waals surface area contributed by atoms with Crippen molar-refractivity contribution in [3.63, 3.8) is 0 Å². The number of carboxylic acids is 1. The Hall–Kier alpha value is -1.60. The van der Waals surface area contributed by atoms with Gasteiger partial charge < -0.3 is 5.11 Å². The van der Waals surface area contributed by atoms with Crippen LogP contribution in [0.5, 0.6) is 0 Å². The predicted molar refractivity (Wildman–Crippen MR) is 412 cm³/mol. The number of thioether (sulfide) groups is 1. The molecule has 6 heteroatoms. The predicted octanol–water partition coefficient (Wildman–Crippen LogP) is 27.6. The number of aliphatic carboxylic acids is 1. The van der Waals surface area contributed by atoms with E-state index in [4.69, 9.17) is 0 Å². The molecule has 3 aromatic rings. The normalized spacial score (nSPS) is 16.8. The summed E-state index contributed by atoms with van der Waals surface area (Å²) < 4.78 is 7.58. The van der Waals surface area contributed by atoms with E-state index in [1.165, 1.54) is 405 Å². The molecule has 4 heterocycles. The minimum Gasteiger partial charge on any atom is -0.480 e. The number of rotatable bonds is 61. The second-order valence-electron chi connectivity index (χ2n) is 30.2. The van der Waals surface area contributed by atoms with Crippen molar-refractivity contribution in [3.05, 3.63) is 41.4 Å². The smallest absolute Gasteiger partial charge is 0.320 e. The lowest BCUT2D eigenvalue weighted by atomic mass is 9.48. The summed E-state index contributed by atoms with van der Waals surface area (Å²) in [6.07, 6.45) is 91.5. The molecule has 2 unspecified atom stereocenters. The highest BCUT2D eigenvalue weighted by Gasteiger charge is 2.59. The van der Waals surface area contributed by atoms with Gasteiger partial charge in [-0.05, 0) is 66.0 Å². The Morgan fingerprint density at radius 3 is 1.11 bits per heavy atom. The van der Waals surface area contributed by atoms with Crippen molar-refractivity contribution >= 4 is 90.5 Å². The van der Waals surface area contributed by atoms with Gasteiger partial charge in [0.1, 0.15) is 5.25 Å². The molecule has 516 valence electrons. The molecule has 4 aliphatic rings. The molecule has 3 aliphatic carbocycles. The van der Waals surface area contributed by atoms with Crippen LogP contribution in [0.2, 0.25) is 0 Å². The van der Waals surface area contributed by atoms with Crippen molar-refractivity contribution in [1.29, 1.82) is 0 Å². The molecule has 2 nitrogen and oxygen atoms in total. The number of hydrogen-bond donors (Lipinski definition) is 1. The molecule has 0 spiro atoms. The van der Waals surface area contributed by atoms with Crippen LogP contribution in [0, 0.1) is 16.7 Å². The molecule has 0 saturated heterocycles. The SMILES string of the molecule is CCCCCCCCCCCCCCCCC1(CCCCCCCCCCCCCCCC)C2=Cc3c4c(sc3=C2C(CCCCCCCCCCCCCCCC)(CCCCCCCCCCCCCCCC)C2C=c3c(sc5ccsc35)=C21)=CC(C(=O)O)S4. The summed E-state index contributed by atoms with van der Waals surface area (Å²) in [4.78, 5) is 14.1. The first-order chi connectivity index (χ1) is 44.9. The molecular weight excluding hydrogens is 1180 g/mol. The first-order valence-electron chi connectivity index (χ1n) is 40.7. The van der Waals surface area contributed by atoms with Gasteiger partial charge >= 0.3 is 5.97 Å². The molecule has 0 bridgehead atoms. The molecule has 0 amide bonds. The molecular formula is C85H140O2S4. The van der Waals surface area contributed by atoms with Crippen molar-refractivity contribution in [1.82, 2.24) is 0 Å². The Bertz CT molecular complexity index is 2650. The number of allylic oxidation sites excluding steroid dienone is 1. The maximum absolute atomic E-state index is 12.8. The van der Waals surface area contributed by atoms with Gasteiger partial charge in [0, 0.05) is 50.7 Å². The average molecular weight is 1320 g/mol. The van der Waals surface area contributed by atoms with E-state index in [1.807, 2.05) is 28.2 Å². The molecule has 2 atom stereocenters. The summed E-state index contributed by atoms with van der Waals surface area (Å²) in [5.41, 5.74) is 6.88. The summed E-state index contributed by atoms with van der Waals surface area (Å²) in [6, 6.07) is 2.45. The lowest BCUT2D eigenvalue weighted by Gasteiger charge is -2.55. The van der Waals surface area contributed by atoms with Gasteiger partial charge in [0.25, 0.3) is 0 Å². The van der Waals surface area contributed by atoms with Crippen molar-refractivity contribution in [2.75, 3.05) is 0 Å². The van der Waals surface area contributed by atoms with Gasteiger partial charge in [0.05, 0.1) is 4.70 Å². The fourth-order valence-electron chi connectivity index (χ4n) is 17.3. The van der Waals surface area contributed by atoms with Gasteiger partial charge in [-0.2, -0.15) is 0 Å². The standard InChI is InChI=1S/C85H140O2S4/c1-5-9-13-17-21-25-29-33-37-41-45-49-53-57-62-84(63-58-54-50-46-42-38-34-30-26-22-18-14-10-6-2)72-67-70-79-74(61-66-88-79)89-81(70)77(72)85(64-59-55-51-47-43-39-35-31-27-23-19-15-11-7-3,65-60-56-52-48-44-40-36-32-28-24-20-16-12-8-4)73-68-71-80-75(90-82(71)78(73)84)69-76(91-80)83(86)87/h61,66-69,72,76H,5-60,62-65H2,1-4H3,(H,86,87). The highest BCUT2D eigenvalue weighted by molar-refractivity contribution is 8.01. The maximum Gasteiger partial charge on any atom is 0.320 e. The van der Waals surface area contributed by atoms with E-state index >= 15 is 0 Å². The van der Waals surface area contributed by atoms with Crippen LogP contribution in [0.1, 0.15) is 419 Å². The number of carbonyl (C=O) groups is 1. The summed E-state index contributed by atoms with van der Waals surface area (Å²) >= 11 is 7.88. The largest absolute Gasteiger partial charge is 0.480 e. The monoisotopic (exact) mass is 1320 g/mol. The summed E-state index contributed by atoms with van der Waals surface area (Å²) in [7, 11) is 0. The second kappa shape index (κ2) is 45.8. The minimum absolute atomic E-state index is 0.00228. The first kappa shape index (κ1) is 76.8. The van der Waals surface area contributed by atoms with E-state index in [0.29, 0.717) is 5.92 Å². The topological polar surface area (TPSA) is 37.3 Å². The summed E-state index contributed by atoms with van der Waals surface area (Å²) in [5.74, 6) is -0.251. The second-order valence-corrected chi connectivity index (χ2v) is 34.3. The van der Waals surface area contributed by atoms with Crippen LogP contribution in [0.25, 0.3) is 38.8 Å². The Balaban J connectivity index is 1.15. The van der Waals surface area contributed by atoms with Crippen LogP contribution in [0.15, 0.2) is 21.9 Å².